The molecular weight excluding hydrogens is 310 g/mol. The number of aliphatic imine (C=N–C) groups is 1. The summed E-state index contributed by atoms with van der Waals surface area (Å²) in [4.78, 5) is 4.46. The van der Waals surface area contributed by atoms with E-state index in [9.17, 15) is 5.11 Å². The Labute approximate surface area is 141 Å². The smallest absolute Gasteiger partial charge is 0.181 e. The van der Waals surface area contributed by atoms with Crippen LogP contribution in [-0.2, 0) is 25.6 Å². The van der Waals surface area contributed by atoms with E-state index in [4.69, 9.17) is 18.9 Å². The van der Waals surface area contributed by atoms with E-state index in [0.717, 1.165) is 5.56 Å². The van der Waals surface area contributed by atoms with Gasteiger partial charge in [0.1, 0.15) is 23.9 Å². The van der Waals surface area contributed by atoms with Gasteiger partial charge in [-0.25, -0.2) is 4.99 Å². The predicted molar refractivity (Wildman–Crippen MR) is 86.6 cm³/mol. The Bertz CT molecular complexity index is 646. The minimum atomic E-state index is -1.24. The number of fused-ring (bicyclic) bond motifs is 3. The monoisotopic (exact) mass is 333 g/mol. The van der Waals surface area contributed by atoms with Gasteiger partial charge < -0.3 is 24.1 Å². The standard InChI is InChI=1S/C18H23NO5/c1-11-19-15-13(23-11)14(21-9-12-7-5-4-6-8-12)16-18(15,20)10-22-17(2,3)24-16/h4-8,13-16,20H,9-10H2,1-3H3/t13-,14-,15-,16+,18+/m1/s1. The maximum Gasteiger partial charge on any atom is 0.181 e. The van der Waals surface area contributed by atoms with E-state index in [0.29, 0.717) is 12.5 Å². The molecule has 3 aliphatic rings. The molecule has 1 aromatic rings. The molecule has 0 spiro atoms. The van der Waals surface area contributed by atoms with Gasteiger partial charge in [-0.1, -0.05) is 30.3 Å². The zero-order valence-electron chi connectivity index (χ0n) is 14.1. The fourth-order valence-corrected chi connectivity index (χ4v) is 3.74. The van der Waals surface area contributed by atoms with E-state index < -0.39 is 29.6 Å². The van der Waals surface area contributed by atoms with Crippen molar-refractivity contribution in [3.8, 4) is 0 Å². The van der Waals surface area contributed by atoms with Crippen LogP contribution in [0.2, 0.25) is 0 Å². The Morgan fingerprint density at radius 1 is 1.29 bits per heavy atom. The van der Waals surface area contributed by atoms with Gasteiger partial charge in [0.05, 0.1) is 13.2 Å². The van der Waals surface area contributed by atoms with Crippen LogP contribution in [0.5, 0.6) is 0 Å². The third-order valence-corrected chi connectivity index (χ3v) is 4.91. The first kappa shape index (κ1) is 16.0. The van der Waals surface area contributed by atoms with Crippen molar-refractivity contribution >= 4 is 5.90 Å². The highest BCUT2D eigenvalue weighted by atomic mass is 16.7. The van der Waals surface area contributed by atoms with Crippen molar-refractivity contribution in [1.29, 1.82) is 0 Å². The zero-order chi connectivity index (χ0) is 16.9. The first-order valence-corrected chi connectivity index (χ1v) is 8.30. The lowest BCUT2D eigenvalue weighted by atomic mass is 9.95. The Hall–Kier alpha value is -1.47. The van der Waals surface area contributed by atoms with Gasteiger partial charge in [0, 0.05) is 6.92 Å². The average Bonchev–Trinajstić information content (AvgIpc) is 3.02. The Morgan fingerprint density at radius 3 is 2.79 bits per heavy atom. The number of hydrogen-bond acceptors (Lipinski definition) is 6. The fraction of sp³-hybridized carbons (Fsp3) is 0.611. The number of rotatable bonds is 3. The SMILES string of the molecule is CC1=N[C@@H]2[C@H](O1)[C@@H](OCc1ccccc1)[C@@H]1OC(C)(C)OC[C@]21O. The summed E-state index contributed by atoms with van der Waals surface area (Å²) in [6.07, 6.45) is -1.32. The van der Waals surface area contributed by atoms with Crippen LogP contribution in [0.15, 0.2) is 35.3 Å². The van der Waals surface area contributed by atoms with Gasteiger partial charge in [0.2, 0.25) is 0 Å². The summed E-state index contributed by atoms with van der Waals surface area (Å²) in [5.41, 5.74) is -0.175. The van der Waals surface area contributed by atoms with Gasteiger partial charge in [0.15, 0.2) is 17.8 Å². The number of nitrogens with zero attached hydrogens (tertiary/aromatic N) is 1. The van der Waals surface area contributed by atoms with Gasteiger partial charge in [-0.05, 0) is 19.4 Å². The third kappa shape index (κ3) is 2.54. The van der Waals surface area contributed by atoms with Crippen LogP contribution in [0.4, 0.5) is 0 Å². The van der Waals surface area contributed by atoms with E-state index in [-0.39, 0.29) is 12.7 Å². The van der Waals surface area contributed by atoms with E-state index >= 15 is 0 Å². The highest BCUT2D eigenvalue weighted by molar-refractivity contribution is 5.76. The van der Waals surface area contributed by atoms with Crippen LogP contribution >= 0.6 is 0 Å². The molecule has 0 unspecified atom stereocenters. The zero-order valence-corrected chi connectivity index (χ0v) is 14.1. The normalized spacial score (nSPS) is 39.8. The largest absolute Gasteiger partial charge is 0.473 e. The third-order valence-electron chi connectivity index (χ3n) is 4.91. The van der Waals surface area contributed by atoms with Crippen molar-refractivity contribution in [1.82, 2.24) is 0 Å². The van der Waals surface area contributed by atoms with Crippen LogP contribution in [0.25, 0.3) is 0 Å². The Kier molecular flexibility index (Phi) is 3.69. The molecule has 1 aliphatic carbocycles. The highest BCUT2D eigenvalue weighted by Gasteiger charge is 2.68. The molecular formula is C18H23NO5. The van der Waals surface area contributed by atoms with Gasteiger partial charge in [-0.3, -0.25) is 0 Å². The second-order valence-electron chi connectivity index (χ2n) is 7.15. The lowest BCUT2D eigenvalue weighted by Gasteiger charge is -2.44. The molecule has 0 aromatic heterocycles. The molecule has 5 atom stereocenters. The molecule has 6 heteroatoms. The maximum absolute atomic E-state index is 11.2. The minimum Gasteiger partial charge on any atom is -0.473 e. The minimum absolute atomic E-state index is 0.150. The molecule has 2 aliphatic heterocycles. The summed E-state index contributed by atoms with van der Waals surface area (Å²) in [7, 11) is 0. The average molecular weight is 333 g/mol. The molecule has 24 heavy (non-hydrogen) atoms. The van der Waals surface area contributed by atoms with Crippen molar-refractivity contribution < 1.29 is 24.1 Å². The molecule has 130 valence electrons. The van der Waals surface area contributed by atoms with Gasteiger partial charge in [0.25, 0.3) is 0 Å². The molecule has 6 nitrogen and oxygen atoms in total. The van der Waals surface area contributed by atoms with Crippen molar-refractivity contribution in [3.63, 3.8) is 0 Å². The van der Waals surface area contributed by atoms with Gasteiger partial charge in [-0.15, -0.1) is 0 Å². The van der Waals surface area contributed by atoms with Crippen LogP contribution in [0.3, 0.4) is 0 Å². The first-order chi connectivity index (χ1) is 11.4. The quantitative estimate of drug-likeness (QED) is 0.911. The van der Waals surface area contributed by atoms with E-state index in [1.54, 1.807) is 6.92 Å². The summed E-state index contributed by atoms with van der Waals surface area (Å²) in [6.45, 7) is 6.04. The Morgan fingerprint density at radius 2 is 2.04 bits per heavy atom. The van der Waals surface area contributed by atoms with Crippen molar-refractivity contribution in [2.45, 2.75) is 63.1 Å². The molecule has 0 radical (unpaired) electrons. The molecule has 1 saturated carbocycles. The first-order valence-electron chi connectivity index (χ1n) is 8.30. The van der Waals surface area contributed by atoms with Crippen LogP contribution in [-0.4, -0.2) is 53.4 Å². The topological polar surface area (TPSA) is 69.5 Å². The number of hydrogen-bond donors (Lipinski definition) is 1. The lowest BCUT2D eigenvalue weighted by molar-refractivity contribution is -0.339. The van der Waals surface area contributed by atoms with E-state index in [1.807, 2.05) is 44.2 Å². The predicted octanol–water partition coefficient (Wildman–Crippen LogP) is 1.65. The summed E-state index contributed by atoms with van der Waals surface area (Å²) in [5.74, 6) is -0.210. The number of ether oxygens (including phenoxy) is 4. The van der Waals surface area contributed by atoms with E-state index in [1.165, 1.54) is 0 Å². The number of aliphatic hydroxyl groups is 1. The molecule has 1 N–H and O–H groups in total. The number of benzene rings is 1. The van der Waals surface area contributed by atoms with Crippen LogP contribution in [0.1, 0.15) is 26.3 Å². The lowest BCUT2D eigenvalue weighted by Crippen LogP contribution is -2.61. The van der Waals surface area contributed by atoms with Crippen molar-refractivity contribution in [2.24, 2.45) is 4.99 Å². The fourth-order valence-electron chi connectivity index (χ4n) is 3.74. The van der Waals surface area contributed by atoms with Crippen molar-refractivity contribution in [2.75, 3.05) is 6.61 Å². The van der Waals surface area contributed by atoms with Gasteiger partial charge >= 0.3 is 0 Å². The highest BCUT2D eigenvalue weighted by Crippen LogP contribution is 2.46. The Balaban J connectivity index is 1.59. The summed E-state index contributed by atoms with van der Waals surface area (Å²) in [5, 5.41) is 11.2. The summed E-state index contributed by atoms with van der Waals surface area (Å²) >= 11 is 0. The summed E-state index contributed by atoms with van der Waals surface area (Å²) < 4.78 is 23.7. The van der Waals surface area contributed by atoms with Crippen molar-refractivity contribution in [3.05, 3.63) is 35.9 Å². The summed E-state index contributed by atoms with van der Waals surface area (Å²) in [6, 6.07) is 9.49. The second kappa shape index (κ2) is 5.52. The second-order valence-corrected chi connectivity index (χ2v) is 7.15. The molecule has 0 amide bonds. The van der Waals surface area contributed by atoms with Crippen LogP contribution in [0, 0.1) is 0 Å². The molecule has 4 rings (SSSR count). The maximum atomic E-state index is 11.2. The molecule has 2 heterocycles. The molecule has 1 saturated heterocycles. The molecule has 2 fully saturated rings. The van der Waals surface area contributed by atoms with Gasteiger partial charge in [-0.2, -0.15) is 0 Å². The molecule has 1 aromatic carbocycles. The van der Waals surface area contributed by atoms with Crippen LogP contribution < -0.4 is 0 Å². The van der Waals surface area contributed by atoms with E-state index in [2.05, 4.69) is 4.99 Å². The molecule has 0 bridgehead atoms.